The molecule has 2 nitrogen and oxygen atoms in total. The van der Waals surface area contributed by atoms with E-state index in [1.165, 1.54) is 11.1 Å². The van der Waals surface area contributed by atoms with Crippen molar-refractivity contribution in [1.82, 2.24) is 0 Å². The van der Waals surface area contributed by atoms with Gasteiger partial charge >= 0.3 is 0 Å². The van der Waals surface area contributed by atoms with E-state index in [1.54, 1.807) is 0 Å². The first-order chi connectivity index (χ1) is 10.0. The van der Waals surface area contributed by atoms with Gasteiger partial charge in [0, 0.05) is 0 Å². The molecule has 6 atom stereocenters. The largest absolute Gasteiger partial charge is 0.508 e. The van der Waals surface area contributed by atoms with Crippen molar-refractivity contribution in [2.75, 3.05) is 0 Å². The van der Waals surface area contributed by atoms with Gasteiger partial charge in [-0.05, 0) is 78.5 Å². The quantitative estimate of drug-likeness (QED) is 0.715. The van der Waals surface area contributed by atoms with Crippen molar-refractivity contribution in [1.29, 1.82) is 0 Å². The first-order valence-corrected chi connectivity index (χ1v) is 8.58. The molecule has 2 N–H and O–H groups in total. The number of aliphatic hydroxyl groups is 1. The molecule has 1 aromatic rings. The van der Waals surface area contributed by atoms with Crippen molar-refractivity contribution in [3.63, 3.8) is 0 Å². The zero-order chi connectivity index (χ0) is 14.8. The molecule has 3 heteroatoms. The number of alkyl halides is 1. The van der Waals surface area contributed by atoms with Crippen LogP contribution in [0.4, 0.5) is 0 Å². The predicted octanol–water partition coefficient (Wildman–Crippen LogP) is 3.83. The molecule has 0 saturated heterocycles. The van der Waals surface area contributed by atoms with E-state index in [1.807, 2.05) is 12.1 Å². The summed E-state index contributed by atoms with van der Waals surface area (Å²) in [6, 6.07) is 5.88. The first-order valence-electron chi connectivity index (χ1n) is 8.14. The Morgan fingerprint density at radius 1 is 1.29 bits per heavy atom. The van der Waals surface area contributed by atoms with Crippen molar-refractivity contribution in [3.8, 4) is 5.75 Å². The summed E-state index contributed by atoms with van der Waals surface area (Å²) in [5, 5.41) is 20.1. The smallest absolute Gasteiger partial charge is 0.115 e. The number of hydrogen-bond donors (Lipinski definition) is 2. The SMILES string of the molecule is CC12CCC3c4ccc(O)cc4CCC3C1CC(Cl)C2O. The monoisotopic (exact) mass is 306 g/mol. The molecule has 21 heavy (non-hydrogen) atoms. The Bertz CT molecular complexity index is 572. The van der Waals surface area contributed by atoms with Crippen LogP contribution in [-0.2, 0) is 6.42 Å². The van der Waals surface area contributed by atoms with Gasteiger partial charge in [-0.3, -0.25) is 0 Å². The highest BCUT2D eigenvalue weighted by atomic mass is 35.5. The molecule has 3 aliphatic carbocycles. The van der Waals surface area contributed by atoms with Gasteiger partial charge in [0.2, 0.25) is 0 Å². The van der Waals surface area contributed by atoms with Gasteiger partial charge in [0.05, 0.1) is 11.5 Å². The summed E-state index contributed by atoms with van der Waals surface area (Å²) >= 11 is 6.40. The van der Waals surface area contributed by atoms with Crippen molar-refractivity contribution in [2.24, 2.45) is 17.3 Å². The number of halogens is 1. The van der Waals surface area contributed by atoms with E-state index >= 15 is 0 Å². The molecule has 0 aromatic heterocycles. The predicted molar refractivity (Wildman–Crippen MR) is 83.8 cm³/mol. The van der Waals surface area contributed by atoms with E-state index in [4.69, 9.17) is 11.6 Å². The van der Waals surface area contributed by atoms with E-state index < -0.39 is 0 Å². The molecule has 2 fully saturated rings. The number of phenolic OH excluding ortho intramolecular Hbond substituents is 1. The van der Waals surface area contributed by atoms with Crippen LogP contribution in [0.3, 0.4) is 0 Å². The second kappa shape index (κ2) is 4.63. The van der Waals surface area contributed by atoms with Crippen LogP contribution in [0.25, 0.3) is 0 Å². The molecule has 0 aliphatic heterocycles. The van der Waals surface area contributed by atoms with Crippen LogP contribution in [0.5, 0.6) is 5.75 Å². The third-order valence-corrected chi connectivity index (χ3v) is 7.06. The Balaban J connectivity index is 1.71. The number of hydrogen-bond acceptors (Lipinski definition) is 2. The molecular formula is C18H23ClO2. The highest BCUT2D eigenvalue weighted by Gasteiger charge is 2.57. The number of aromatic hydroxyl groups is 1. The highest BCUT2D eigenvalue weighted by molar-refractivity contribution is 6.21. The maximum atomic E-state index is 10.5. The molecule has 114 valence electrons. The molecule has 1 aromatic carbocycles. The number of benzene rings is 1. The van der Waals surface area contributed by atoms with Crippen LogP contribution in [0.15, 0.2) is 18.2 Å². The van der Waals surface area contributed by atoms with E-state index in [0.717, 1.165) is 32.1 Å². The fraction of sp³-hybridized carbons (Fsp3) is 0.667. The Kier molecular flexibility index (Phi) is 3.07. The second-order valence-electron chi connectivity index (χ2n) is 7.54. The Morgan fingerprint density at radius 2 is 2.10 bits per heavy atom. The number of aryl methyl sites for hydroxylation is 1. The summed E-state index contributed by atoms with van der Waals surface area (Å²) in [4.78, 5) is 0. The maximum Gasteiger partial charge on any atom is 0.115 e. The Labute approximate surface area is 131 Å². The number of fused-ring (bicyclic) bond motifs is 5. The summed E-state index contributed by atoms with van der Waals surface area (Å²) in [5.74, 6) is 2.14. The lowest BCUT2D eigenvalue weighted by Gasteiger charge is -2.50. The molecule has 0 bridgehead atoms. The van der Waals surface area contributed by atoms with E-state index in [-0.39, 0.29) is 16.9 Å². The zero-order valence-electron chi connectivity index (χ0n) is 12.4. The summed E-state index contributed by atoms with van der Waals surface area (Å²) in [7, 11) is 0. The molecule has 0 spiro atoms. The Morgan fingerprint density at radius 3 is 2.90 bits per heavy atom. The Hall–Kier alpha value is -0.730. The lowest BCUT2D eigenvalue weighted by molar-refractivity contribution is -0.0219. The van der Waals surface area contributed by atoms with Gasteiger partial charge in [0.15, 0.2) is 0 Å². The molecule has 4 rings (SSSR count). The topological polar surface area (TPSA) is 40.5 Å². The lowest BCUT2D eigenvalue weighted by atomic mass is 9.55. The van der Waals surface area contributed by atoms with Crippen LogP contribution in [0, 0.1) is 17.3 Å². The third-order valence-electron chi connectivity index (χ3n) is 6.65. The fourth-order valence-electron chi connectivity index (χ4n) is 5.51. The lowest BCUT2D eigenvalue weighted by Crippen LogP contribution is -2.44. The van der Waals surface area contributed by atoms with Crippen LogP contribution in [0.1, 0.15) is 49.7 Å². The van der Waals surface area contributed by atoms with Crippen LogP contribution in [0.2, 0.25) is 0 Å². The minimum atomic E-state index is -0.355. The summed E-state index contributed by atoms with van der Waals surface area (Å²) in [5.41, 5.74) is 2.75. The van der Waals surface area contributed by atoms with Crippen molar-refractivity contribution in [2.45, 2.75) is 56.4 Å². The maximum absolute atomic E-state index is 10.5. The number of phenols is 1. The van der Waals surface area contributed by atoms with Crippen molar-refractivity contribution in [3.05, 3.63) is 29.3 Å². The fourth-order valence-corrected chi connectivity index (χ4v) is 5.99. The van der Waals surface area contributed by atoms with Crippen molar-refractivity contribution < 1.29 is 10.2 Å². The van der Waals surface area contributed by atoms with E-state index in [2.05, 4.69) is 13.0 Å². The molecule has 2 saturated carbocycles. The third kappa shape index (κ3) is 1.88. The molecule has 0 amide bonds. The number of aliphatic hydroxyl groups excluding tert-OH is 1. The molecule has 0 heterocycles. The minimum Gasteiger partial charge on any atom is -0.508 e. The standard InChI is InChI=1S/C18H23ClO2/c1-18-7-6-13-12-5-3-11(20)8-10(12)2-4-14(13)15(18)9-16(19)17(18)21/h3,5,8,13-17,20-21H,2,4,6-7,9H2,1H3. The van der Waals surface area contributed by atoms with Gasteiger partial charge < -0.3 is 10.2 Å². The van der Waals surface area contributed by atoms with Crippen molar-refractivity contribution >= 4 is 11.6 Å². The first kappa shape index (κ1) is 13.9. The summed E-state index contributed by atoms with van der Waals surface area (Å²) < 4.78 is 0. The average Bonchev–Trinajstić information content (AvgIpc) is 2.70. The van der Waals surface area contributed by atoms with E-state index in [9.17, 15) is 10.2 Å². The average molecular weight is 307 g/mol. The number of rotatable bonds is 0. The minimum absolute atomic E-state index is 0.00199. The van der Waals surface area contributed by atoms with Gasteiger partial charge in [-0.15, -0.1) is 11.6 Å². The van der Waals surface area contributed by atoms with E-state index in [0.29, 0.717) is 23.5 Å². The van der Waals surface area contributed by atoms with Gasteiger partial charge in [0.1, 0.15) is 5.75 Å². The zero-order valence-corrected chi connectivity index (χ0v) is 13.2. The second-order valence-corrected chi connectivity index (χ2v) is 8.10. The van der Waals surface area contributed by atoms with Crippen LogP contribution >= 0.6 is 11.6 Å². The van der Waals surface area contributed by atoms with Crippen LogP contribution < -0.4 is 0 Å². The highest BCUT2D eigenvalue weighted by Crippen LogP contribution is 2.61. The van der Waals surface area contributed by atoms with Crippen LogP contribution in [-0.4, -0.2) is 21.7 Å². The van der Waals surface area contributed by atoms with Gasteiger partial charge in [-0.2, -0.15) is 0 Å². The summed E-state index contributed by atoms with van der Waals surface area (Å²) in [6.07, 6.45) is 5.00. The summed E-state index contributed by atoms with van der Waals surface area (Å²) in [6.45, 7) is 2.24. The van der Waals surface area contributed by atoms with Gasteiger partial charge in [0.25, 0.3) is 0 Å². The van der Waals surface area contributed by atoms with Gasteiger partial charge in [-0.25, -0.2) is 0 Å². The molecule has 0 radical (unpaired) electrons. The normalized spacial score (nSPS) is 44.8. The molecular weight excluding hydrogens is 284 g/mol. The molecule has 3 aliphatic rings. The van der Waals surface area contributed by atoms with Gasteiger partial charge in [-0.1, -0.05) is 13.0 Å². The molecule has 6 unspecified atom stereocenters.